The van der Waals surface area contributed by atoms with Crippen molar-refractivity contribution in [3.63, 3.8) is 0 Å². The molecule has 0 aromatic heterocycles. The lowest BCUT2D eigenvalue weighted by Gasteiger charge is -2.14. The number of hydrogen-bond donors (Lipinski definition) is 2. The number of hydrogen-bond acceptors (Lipinski definition) is 3. The molecule has 32 heavy (non-hydrogen) atoms. The number of carbonyl (C=O) groups excluding carboxylic acids is 1. The number of ether oxygens (including phenoxy) is 1. The minimum atomic E-state index is -1.13. The second-order valence-electron chi connectivity index (χ2n) is 7.65. The summed E-state index contributed by atoms with van der Waals surface area (Å²) in [5, 5.41) is 12.1. The highest BCUT2D eigenvalue weighted by Gasteiger charge is 2.26. The summed E-state index contributed by atoms with van der Waals surface area (Å²) in [6.45, 7) is 2.67. The highest BCUT2D eigenvalue weighted by molar-refractivity contribution is 5.97. The van der Waals surface area contributed by atoms with Crippen LogP contribution in [0.25, 0.3) is 11.1 Å². The summed E-state index contributed by atoms with van der Waals surface area (Å²) in [4.78, 5) is 23.9. The SMILES string of the molecule is CCCc1ccccc1-c1ccc(OCCNC(=O)C(Cc2ccccc2)C(=O)O)cc1. The molecule has 166 valence electrons. The van der Waals surface area contributed by atoms with Crippen LogP contribution < -0.4 is 10.1 Å². The van der Waals surface area contributed by atoms with Crippen LogP contribution in [-0.2, 0) is 22.4 Å². The van der Waals surface area contributed by atoms with E-state index >= 15 is 0 Å². The van der Waals surface area contributed by atoms with E-state index in [-0.39, 0.29) is 19.6 Å². The Morgan fingerprint density at radius 2 is 1.62 bits per heavy atom. The van der Waals surface area contributed by atoms with Crippen LogP contribution in [0.5, 0.6) is 5.75 Å². The van der Waals surface area contributed by atoms with Crippen molar-refractivity contribution in [1.29, 1.82) is 0 Å². The Labute approximate surface area is 189 Å². The summed E-state index contributed by atoms with van der Waals surface area (Å²) in [5.74, 6) is -2.06. The van der Waals surface area contributed by atoms with Crippen molar-refractivity contribution in [2.45, 2.75) is 26.2 Å². The van der Waals surface area contributed by atoms with Gasteiger partial charge in [-0.1, -0.05) is 80.1 Å². The van der Waals surface area contributed by atoms with E-state index in [9.17, 15) is 14.7 Å². The summed E-state index contributed by atoms with van der Waals surface area (Å²) in [5.41, 5.74) is 4.51. The zero-order chi connectivity index (χ0) is 22.8. The van der Waals surface area contributed by atoms with Crippen molar-refractivity contribution in [3.8, 4) is 16.9 Å². The van der Waals surface area contributed by atoms with Crippen LogP contribution in [0.4, 0.5) is 0 Å². The van der Waals surface area contributed by atoms with Crippen LogP contribution in [0, 0.1) is 5.92 Å². The normalized spacial score (nSPS) is 11.5. The third-order valence-corrected chi connectivity index (χ3v) is 5.27. The molecular formula is C27H29NO4. The zero-order valence-corrected chi connectivity index (χ0v) is 18.3. The lowest BCUT2D eigenvalue weighted by atomic mass is 9.97. The summed E-state index contributed by atoms with van der Waals surface area (Å²) in [6.07, 6.45) is 2.29. The topological polar surface area (TPSA) is 75.6 Å². The third-order valence-electron chi connectivity index (χ3n) is 5.27. The van der Waals surface area contributed by atoms with E-state index in [4.69, 9.17) is 4.74 Å². The van der Waals surface area contributed by atoms with E-state index in [0.29, 0.717) is 5.75 Å². The monoisotopic (exact) mass is 431 g/mol. The van der Waals surface area contributed by atoms with Crippen LogP contribution in [0.1, 0.15) is 24.5 Å². The molecular weight excluding hydrogens is 402 g/mol. The number of carboxylic acid groups (broad SMARTS) is 1. The van der Waals surface area contributed by atoms with Crippen LogP contribution in [0.15, 0.2) is 78.9 Å². The Morgan fingerprint density at radius 1 is 0.938 bits per heavy atom. The first kappa shape index (κ1) is 23.1. The first-order chi connectivity index (χ1) is 15.6. The van der Waals surface area contributed by atoms with Gasteiger partial charge in [-0.15, -0.1) is 0 Å². The Morgan fingerprint density at radius 3 is 2.31 bits per heavy atom. The molecule has 0 spiro atoms. The van der Waals surface area contributed by atoms with Gasteiger partial charge in [0.2, 0.25) is 5.91 Å². The van der Waals surface area contributed by atoms with Crippen LogP contribution in [0.3, 0.4) is 0 Å². The predicted molar refractivity (Wildman–Crippen MR) is 126 cm³/mol. The van der Waals surface area contributed by atoms with Crippen molar-refractivity contribution in [2.75, 3.05) is 13.2 Å². The largest absolute Gasteiger partial charge is 0.492 e. The van der Waals surface area contributed by atoms with E-state index in [1.165, 1.54) is 11.1 Å². The molecule has 0 aliphatic carbocycles. The minimum absolute atomic E-state index is 0.157. The number of aliphatic carboxylic acids is 1. The standard InChI is InChI=1S/C27H29NO4/c1-2-8-21-11-6-7-12-24(21)22-13-15-23(16-14-22)32-18-17-28-26(29)25(27(30)31)19-20-9-4-3-5-10-20/h3-7,9-16,25H,2,8,17-19H2,1H3,(H,28,29)(H,30,31). The quantitative estimate of drug-likeness (QED) is 0.340. The zero-order valence-electron chi connectivity index (χ0n) is 18.3. The molecule has 1 unspecified atom stereocenters. The van der Waals surface area contributed by atoms with Crippen molar-refractivity contribution in [2.24, 2.45) is 5.92 Å². The van der Waals surface area contributed by atoms with E-state index in [1.54, 1.807) is 0 Å². The third kappa shape index (κ3) is 6.45. The maximum atomic E-state index is 12.3. The van der Waals surface area contributed by atoms with Gasteiger partial charge < -0.3 is 15.2 Å². The number of carboxylic acids is 1. The summed E-state index contributed by atoms with van der Waals surface area (Å²) in [7, 11) is 0. The van der Waals surface area contributed by atoms with Crippen molar-refractivity contribution >= 4 is 11.9 Å². The molecule has 0 radical (unpaired) electrons. The number of carbonyl (C=O) groups is 2. The molecule has 3 rings (SSSR count). The van der Waals surface area contributed by atoms with Crippen LogP contribution in [0.2, 0.25) is 0 Å². The van der Waals surface area contributed by atoms with Crippen molar-refractivity contribution in [3.05, 3.63) is 90.0 Å². The highest BCUT2D eigenvalue weighted by Crippen LogP contribution is 2.26. The van der Waals surface area contributed by atoms with Gasteiger partial charge >= 0.3 is 5.97 Å². The molecule has 0 saturated heterocycles. The molecule has 1 atom stereocenters. The fourth-order valence-corrected chi connectivity index (χ4v) is 3.63. The lowest BCUT2D eigenvalue weighted by Crippen LogP contribution is -2.38. The van der Waals surface area contributed by atoms with Gasteiger partial charge in [-0.2, -0.15) is 0 Å². The van der Waals surface area contributed by atoms with Gasteiger partial charge in [0, 0.05) is 0 Å². The summed E-state index contributed by atoms with van der Waals surface area (Å²) in [6, 6.07) is 25.4. The molecule has 3 aromatic rings. The van der Waals surface area contributed by atoms with E-state index in [0.717, 1.165) is 24.0 Å². The van der Waals surface area contributed by atoms with Gasteiger partial charge in [0.05, 0.1) is 6.54 Å². The minimum Gasteiger partial charge on any atom is -0.492 e. The summed E-state index contributed by atoms with van der Waals surface area (Å²) >= 11 is 0. The maximum absolute atomic E-state index is 12.3. The Kier molecular flexibility index (Phi) is 8.44. The molecule has 0 aliphatic rings. The average molecular weight is 432 g/mol. The first-order valence-electron chi connectivity index (χ1n) is 10.9. The van der Waals surface area contributed by atoms with Gasteiger partial charge in [-0.05, 0) is 47.2 Å². The van der Waals surface area contributed by atoms with Gasteiger partial charge in [0.1, 0.15) is 18.3 Å². The van der Waals surface area contributed by atoms with E-state index < -0.39 is 17.8 Å². The molecule has 0 bridgehead atoms. The molecule has 3 aromatic carbocycles. The molecule has 0 heterocycles. The lowest BCUT2D eigenvalue weighted by molar-refractivity contribution is -0.146. The smallest absolute Gasteiger partial charge is 0.316 e. The number of aryl methyl sites for hydroxylation is 1. The van der Waals surface area contributed by atoms with Crippen molar-refractivity contribution in [1.82, 2.24) is 5.32 Å². The molecule has 5 nitrogen and oxygen atoms in total. The Hall–Kier alpha value is -3.60. The van der Waals surface area contributed by atoms with Gasteiger partial charge in [-0.25, -0.2) is 0 Å². The van der Waals surface area contributed by atoms with E-state index in [2.05, 4.69) is 30.4 Å². The number of amides is 1. The highest BCUT2D eigenvalue weighted by atomic mass is 16.5. The molecule has 0 aliphatic heterocycles. The Bertz CT molecular complexity index is 1020. The predicted octanol–water partition coefficient (Wildman–Crippen LogP) is 4.74. The fourth-order valence-electron chi connectivity index (χ4n) is 3.63. The number of benzene rings is 3. The van der Waals surface area contributed by atoms with Gasteiger partial charge in [-0.3, -0.25) is 9.59 Å². The molecule has 0 fully saturated rings. The summed E-state index contributed by atoms with van der Waals surface area (Å²) < 4.78 is 5.72. The average Bonchev–Trinajstić information content (AvgIpc) is 2.82. The van der Waals surface area contributed by atoms with Crippen molar-refractivity contribution < 1.29 is 19.4 Å². The first-order valence-corrected chi connectivity index (χ1v) is 10.9. The van der Waals surface area contributed by atoms with Gasteiger partial charge in [0.25, 0.3) is 0 Å². The second kappa shape index (κ2) is 11.7. The molecule has 0 saturated carbocycles. The number of rotatable bonds is 11. The number of nitrogens with one attached hydrogen (secondary N) is 1. The van der Waals surface area contributed by atoms with E-state index in [1.807, 2.05) is 60.7 Å². The molecule has 1 amide bonds. The fraction of sp³-hybridized carbons (Fsp3) is 0.259. The Balaban J connectivity index is 1.50. The van der Waals surface area contributed by atoms with Gasteiger partial charge in [0.15, 0.2) is 0 Å². The van der Waals surface area contributed by atoms with Crippen LogP contribution >= 0.6 is 0 Å². The molecule has 5 heteroatoms. The molecule has 2 N–H and O–H groups in total. The second-order valence-corrected chi connectivity index (χ2v) is 7.65. The van der Waals surface area contributed by atoms with Crippen LogP contribution in [-0.4, -0.2) is 30.1 Å². The maximum Gasteiger partial charge on any atom is 0.316 e.